The molecule has 1 aliphatic rings. The Labute approximate surface area is 122 Å². The van der Waals surface area contributed by atoms with Crippen LogP contribution in [0.5, 0.6) is 0 Å². The van der Waals surface area contributed by atoms with Gasteiger partial charge in [-0.3, -0.25) is 4.90 Å². The van der Waals surface area contributed by atoms with Crippen molar-refractivity contribution in [3.63, 3.8) is 0 Å². The smallest absolute Gasteiger partial charge is 0.0356 e. The molecule has 0 aliphatic heterocycles. The van der Waals surface area contributed by atoms with Gasteiger partial charge in [0, 0.05) is 23.5 Å². The van der Waals surface area contributed by atoms with Gasteiger partial charge >= 0.3 is 0 Å². The van der Waals surface area contributed by atoms with E-state index in [1.807, 2.05) is 11.3 Å². The molecule has 0 spiro atoms. The van der Waals surface area contributed by atoms with E-state index in [1.54, 1.807) is 0 Å². The Morgan fingerprint density at radius 2 is 2.21 bits per heavy atom. The maximum Gasteiger partial charge on any atom is 0.0356 e. The van der Waals surface area contributed by atoms with Crippen LogP contribution in [0, 0.1) is 11.8 Å². The zero-order valence-electron chi connectivity index (χ0n) is 12.6. The molecule has 0 bridgehead atoms. The molecule has 2 rings (SSSR count). The van der Waals surface area contributed by atoms with Gasteiger partial charge in [-0.1, -0.05) is 26.3 Å². The SMILES string of the molecule is CC1CCC(C)C(CN)(N(C)CCc2cccs2)C1. The number of nitrogens with two attached hydrogens (primary N) is 1. The summed E-state index contributed by atoms with van der Waals surface area (Å²) in [6.45, 7) is 6.68. The number of hydrogen-bond acceptors (Lipinski definition) is 3. The summed E-state index contributed by atoms with van der Waals surface area (Å²) in [5.41, 5.74) is 6.42. The highest BCUT2D eigenvalue weighted by atomic mass is 32.1. The molecule has 1 aliphatic carbocycles. The summed E-state index contributed by atoms with van der Waals surface area (Å²) in [6, 6.07) is 4.38. The predicted molar refractivity (Wildman–Crippen MR) is 84.6 cm³/mol. The van der Waals surface area contributed by atoms with Crippen molar-refractivity contribution < 1.29 is 0 Å². The van der Waals surface area contributed by atoms with Gasteiger partial charge in [-0.15, -0.1) is 11.3 Å². The monoisotopic (exact) mass is 280 g/mol. The number of hydrogen-bond donors (Lipinski definition) is 1. The van der Waals surface area contributed by atoms with Crippen molar-refractivity contribution in [2.45, 2.75) is 45.1 Å². The summed E-state index contributed by atoms with van der Waals surface area (Å²) in [4.78, 5) is 4.03. The zero-order chi connectivity index (χ0) is 13.9. The van der Waals surface area contributed by atoms with Crippen LogP contribution in [0.4, 0.5) is 0 Å². The molecule has 0 radical (unpaired) electrons. The van der Waals surface area contributed by atoms with Crippen molar-refractivity contribution in [3.8, 4) is 0 Å². The third kappa shape index (κ3) is 3.21. The lowest BCUT2D eigenvalue weighted by atomic mass is 9.68. The van der Waals surface area contributed by atoms with E-state index in [2.05, 4.69) is 43.3 Å². The van der Waals surface area contributed by atoms with E-state index in [4.69, 9.17) is 5.73 Å². The first-order chi connectivity index (χ1) is 9.08. The van der Waals surface area contributed by atoms with E-state index in [-0.39, 0.29) is 5.54 Å². The van der Waals surface area contributed by atoms with Gasteiger partial charge in [0.25, 0.3) is 0 Å². The van der Waals surface area contributed by atoms with Crippen molar-refractivity contribution in [2.75, 3.05) is 20.1 Å². The molecule has 0 saturated heterocycles. The van der Waals surface area contributed by atoms with E-state index < -0.39 is 0 Å². The molecule has 1 aromatic rings. The normalized spacial score (nSPS) is 31.8. The maximum atomic E-state index is 6.20. The van der Waals surface area contributed by atoms with Gasteiger partial charge in [-0.2, -0.15) is 0 Å². The fraction of sp³-hybridized carbons (Fsp3) is 0.750. The van der Waals surface area contributed by atoms with Gasteiger partial charge in [-0.05, 0) is 49.6 Å². The van der Waals surface area contributed by atoms with Crippen molar-refractivity contribution in [1.29, 1.82) is 0 Å². The summed E-state index contributed by atoms with van der Waals surface area (Å²) < 4.78 is 0. The first kappa shape index (κ1) is 15.0. The minimum absolute atomic E-state index is 0.217. The largest absolute Gasteiger partial charge is 0.329 e. The fourth-order valence-electron chi connectivity index (χ4n) is 3.64. The highest BCUT2D eigenvalue weighted by Crippen LogP contribution is 2.40. The Bertz CT molecular complexity index is 376. The standard InChI is InChI=1S/C16H28N2S/c1-13-6-7-14(2)16(11-13,12-17)18(3)9-8-15-5-4-10-19-15/h4-5,10,13-14H,6-9,11-12,17H2,1-3H3. The van der Waals surface area contributed by atoms with E-state index in [1.165, 1.54) is 24.1 Å². The molecule has 1 fully saturated rings. The molecule has 19 heavy (non-hydrogen) atoms. The lowest BCUT2D eigenvalue weighted by molar-refractivity contribution is 0.0153. The van der Waals surface area contributed by atoms with Gasteiger partial charge in [-0.25, -0.2) is 0 Å². The van der Waals surface area contributed by atoms with Crippen molar-refractivity contribution in [2.24, 2.45) is 17.6 Å². The zero-order valence-corrected chi connectivity index (χ0v) is 13.4. The number of likely N-dealkylation sites (N-methyl/N-ethyl adjacent to an activating group) is 1. The Morgan fingerprint density at radius 1 is 1.42 bits per heavy atom. The van der Waals surface area contributed by atoms with E-state index >= 15 is 0 Å². The summed E-state index contributed by atoms with van der Waals surface area (Å²) in [6.07, 6.45) is 5.09. The number of rotatable bonds is 5. The second-order valence-corrected chi connectivity index (χ2v) is 7.38. The Kier molecular flexibility index (Phi) is 5.04. The molecule has 108 valence electrons. The summed E-state index contributed by atoms with van der Waals surface area (Å²) >= 11 is 1.86. The average molecular weight is 280 g/mol. The molecule has 1 aromatic heterocycles. The van der Waals surface area contributed by atoms with Crippen LogP contribution in [0.1, 0.15) is 38.0 Å². The minimum Gasteiger partial charge on any atom is -0.329 e. The molecule has 0 amide bonds. The Balaban J connectivity index is 2.02. The predicted octanol–water partition coefficient (Wildman–Crippen LogP) is 3.38. The van der Waals surface area contributed by atoms with Gasteiger partial charge in [0.1, 0.15) is 0 Å². The van der Waals surface area contributed by atoms with Crippen molar-refractivity contribution in [3.05, 3.63) is 22.4 Å². The molecule has 2 nitrogen and oxygen atoms in total. The third-order valence-electron chi connectivity index (χ3n) is 5.10. The van der Waals surface area contributed by atoms with Gasteiger partial charge in [0.15, 0.2) is 0 Å². The molecular weight excluding hydrogens is 252 g/mol. The first-order valence-electron chi connectivity index (χ1n) is 7.52. The van der Waals surface area contributed by atoms with Crippen LogP contribution >= 0.6 is 11.3 Å². The molecule has 1 heterocycles. The van der Waals surface area contributed by atoms with Crippen molar-refractivity contribution in [1.82, 2.24) is 4.90 Å². The molecular formula is C16H28N2S. The number of thiophene rings is 1. The molecule has 3 atom stereocenters. The quantitative estimate of drug-likeness (QED) is 0.896. The molecule has 2 N–H and O–H groups in total. The van der Waals surface area contributed by atoms with Crippen LogP contribution in [0.15, 0.2) is 17.5 Å². The lowest BCUT2D eigenvalue weighted by Crippen LogP contribution is -2.59. The van der Waals surface area contributed by atoms with Crippen LogP contribution < -0.4 is 5.73 Å². The third-order valence-corrected chi connectivity index (χ3v) is 6.04. The van der Waals surface area contributed by atoms with Crippen LogP contribution in [-0.4, -0.2) is 30.6 Å². The second-order valence-electron chi connectivity index (χ2n) is 6.35. The summed E-state index contributed by atoms with van der Waals surface area (Å²) in [5, 5.41) is 2.17. The van der Waals surface area contributed by atoms with Crippen LogP contribution in [0.2, 0.25) is 0 Å². The Morgan fingerprint density at radius 3 is 2.84 bits per heavy atom. The van der Waals surface area contributed by atoms with Crippen molar-refractivity contribution >= 4 is 11.3 Å². The number of nitrogens with zero attached hydrogens (tertiary/aromatic N) is 1. The lowest BCUT2D eigenvalue weighted by Gasteiger charge is -2.50. The topological polar surface area (TPSA) is 29.3 Å². The molecule has 1 saturated carbocycles. The Hall–Kier alpha value is -0.380. The van der Waals surface area contributed by atoms with Gasteiger partial charge < -0.3 is 5.73 Å². The first-order valence-corrected chi connectivity index (χ1v) is 8.40. The highest BCUT2D eigenvalue weighted by Gasteiger charge is 2.42. The van der Waals surface area contributed by atoms with Gasteiger partial charge in [0.2, 0.25) is 0 Å². The van der Waals surface area contributed by atoms with Gasteiger partial charge in [0.05, 0.1) is 0 Å². The molecule has 3 unspecified atom stereocenters. The maximum absolute atomic E-state index is 6.20. The van der Waals surface area contributed by atoms with E-state index in [9.17, 15) is 0 Å². The average Bonchev–Trinajstić information content (AvgIpc) is 2.92. The van der Waals surface area contributed by atoms with Crippen LogP contribution in [-0.2, 0) is 6.42 Å². The fourth-order valence-corrected chi connectivity index (χ4v) is 4.34. The highest BCUT2D eigenvalue weighted by molar-refractivity contribution is 7.09. The molecule has 3 heteroatoms. The van der Waals surface area contributed by atoms with Crippen LogP contribution in [0.3, 0.4) is 0 Å². The summed E-state index contributed by atoms with van der Waals surface area (Å²) in [7, 11) is 2.27. The minimum atomic E-state index is 0.217. The van der Waals surface area contributed by atoms with E-state index in [0.717, 1.165) is 25.4 Å². The van der Waals surface area contributed by atoms with Crippen LogP contribution in [0.25, 0.3) is 0 Å². The second kappa shape index (κ2) is 6.38. The van der Waals surface area contributed by atoms with E-state index in [0.29, 0.717) is 5.92 Å². The summed E-state index contributed by atoms with van der Waals surface area (Å²) in [5.74, 6) is 1.52. The molecule has 0 aromatic carbocycles.